The predicted octanol–water partition coefficient (Wildman–Crippen LogP) is 2.61. The van der Waals surface area contributed by atoms with E-state index in [1.165, 1.54) is 12.1 Å². The highest BCUT2D eigenvalue weighted by Gasteiger charge is 2.14. The zero-order chi connectivity index (χ0) is 13.1. The number of halogens is 1. The van der Waals surface area contributed by atoms with E-state index in [1.54, 1.807) is 12.1 Å². The largest absolute Gasteiger partial charge is 0.310 e. The summed E-state index contributed by atoms with van der Waals surface area (Å²) in [5.41, 5.74) is 0.695. The van der Waals surface area contributed by atoms with Crippen LogP contribution in [0, 0.1) is 10.1 Å². The first kappa shape index (κ1) is 12.5. The summed E-state index contributed by atoms with van der Waals surface area (Å²) >= 11 is 5.76. The summed E-state index contributed by atoms with van der Waals surface area (Å²) < 4.78 is 1.84. The topological polar surface area (TPSA) is 73.8 Å². The number of alkyl halides is 1. The number of non-ortho nitro benzene ring substituents is 1. The molecule has 0 aliphatic rings. The molecule has 0 radical (unpaired) electrons. The highest BCUT2D eigenvalue weighted by molar-refractivity contribution is 6.16. The van der Waals surface area contributed by atoms with Crippen molar-refractivity contribution < 1.29 is 4.92 Å². The van der Waals surface area contributed by atoms with Gasteiger partial charge in [0.2, 0.25) is 0 Å². The molecule has 0 aliphatic heterocycles. The lowest BCUT2D eigenvalue weighted by Gasteiger charge is -2.05. The molecule has 2 aromatic rings. The summed E-state index contributed by atoms with van der Waals surface area (Å²) in [6, 6.07) is 6.32. The second-order valence-electron chi connectivity index (χ2n) is 3.63. The van der Waals surface area contributed by atoms with Crippen molar-refractivity contribution in [2.45, 2.75) is 19.3 Å². The van der Waals surface area contributed by atoms with Gasteiger partial charge in [-0.1, -0.05) is 12.1 Å². The highest BCUT2D eigenvalue weighted by atomic mass is 35.5. The third-order valence-corrected chi connectivity index (χ3v) is 2.82. The third-order valence-electron chi connectivity index (χ3n) is 2.58. The Hall–Kier alpha value is -1.95. The molecule has 2 rings (SSSR count). The fourth-order valence-electron chi connectivity index (χ4n) is 1.74. The van der Waals surface area contributed by atoms with Crippen LogP contribution in [0.25, 0.3) is 11.4 Å². The van der Waals surface area contributed by atoms with Crippen LogP contribution in [0.5, 0.6) is 0 Å². The van der Waals surface area contributed by atoms with Gasteiger partial charge >= 0.3 is 0 Å². The quantitative estimate of drug-likeness (QED) is 0.484. The lowest BCUT2D eigenvalue weighted by Crippen LogP contribution is -2.02. The maximum Gasteiger partial charge on any atom is 0.270 e. The zero-order valence-electron chi connectivity index (χ0n) is 9.71. The van der Waals surface area contributed by atoms with Crippen molar-refractivity contribution in [2.75, 3.05) is 0 Å². The summed E-state index contributed by atoms with van der Waals surface area (Å²) in [4.78, 5) is 10.3. The van der Waals surface area contributed by atoms with Gasteiger partial charge in [0, 0.05) is 24.2 Å². The van der Waals surface area contributed by atoms with Crippen LogP contribution >= 0.6 is 11.6 Å². The van der Waals surface area contributed by atoms with E-state index in [0.29, 0.717) is 23.8 Å². The Balaban J connectivity index is 2.51. The van der Waals surface area contributed by atoms with Crippen LogP contribution in [0.3, 0.4) is 0 Å². The second-order valence-corrected chi connectivity index (χ2v) is 3.89. The van der Waals surface area contributed by atoms with Gasteiger partial charge in [0.1, 0.15) is 5.82 Å². The number of aromatic nitrogens is 3. The van der Waals surface area contributed by atoms with Crippen LogP contribution < -0.4 is 0 Å². The van der Waals surface area contributed by atoms with Crippen molar-refractivity contribution in [2.24, 2.45) is 0 Å². The van der Waals surface area contributed by atoms with Crippen molar-refractivity contribution in [3.63, 3.8) is 0 Å². The van der Waals surface area contributed by atoms with Crippen molar-refractivity contribution in [3.05, 3.63) is 40.2 Å². The molecular formula is C11H11ClN4O2. The molecule has 1 heterocycles. The minimum Gasteiger partial charge on any atom is -0.310 e. The molecule has 1 aromatic carbocycles. The molecule has 0 aliphatic carbocycles. The Morgan fingerprint density at radius 3 is 2.83 bits per heavy atom. The Bertz CT molecular complexity index is 582. The molecule has 0 unspecified atom stereocenters. The number of nitrogens with zero attached hydrogens (tertiary/aromatic N) is 4. The lowest BCUT2D eigenvalue weighted by atomic mass is 10.2. The average molecular weight is 267 g/mol. The second kappa shape index (κ2) is 5.14. The molecule has 0 saturated heterocycles. The molecule has 18 heavy (non-hydrogen) atoms. The third kappa shape index (κ3) is 2.19. The SMILES string of the molecule is CCn1c(CCl)nnc1-c1cccc([N+](=O)[O-])c1. The Labute approximate surface area is 108 Å². The highest BCUT2D eigenvalue weighted by Crippen LogP contribution is 2.23. The molecule has 1 aromatic heterocycles. The minimum atomic E-state index is -0.432. The average Bonchev–Trinajstić information content (AvgIpc) is 2.81. The molecule has 0 amide bonds. The van der Waals surface area contributed by atoms with Gasteiger partial charge < -0.3 is 4.57 Å². The number of nitro groups is 1. The molecule has 7 heteroatoms. The fraction of sp³-hybridized carbons (Fsp3) is 0.273. The Morgan fingerprint density at radius 2 is 2.22 bits per heavy atom. The van der Waals surface area contributed by atoms with E-state index >= 15 is 0 Å². The molecule has 0 atom stereocenters. The summed E-state index contributed by atoms with van der Waals surface area (Å²) in [5, 5.41) is 18.7. The summed E-state index contributed by atoms with van der Waals surface area (Å²) in [7, 11) is 0. The normalized spacial score (nSPS) is 10.6. The van der Waals surface area contributed by atoms with Crippen LogP contribution in [-0.4, -0.2) is 19.7 Å². The first-order valence-corrected chi connectivity index (χ1v) is 5.93. The minimum absolute atomic E-state index is 0.0329. The number of rotatable bonds is 4. The van der Waals surface area contributed by atoms with Gasteiger partial charge in [0.15, 0.2) is 5.82 Å². The first-order valence-electron chi connectivity index (χ1n) is 5.40. The van der Waals surface area contributed by atoms with Crippen molar-refractivity contribution in [3.8, 4) is 11.4 Å². The van der Waals surface area contributed by atoms with Crippen LogP contribution in [0.4, 0.5) is 5.69 Å². The van der Waals surface area contributed by atoms with Gasteiger partial charge in [0.05, 0.1) is 10.8 Å². The smallest absolute Gasteiger partial charge is 0.270 e. The number of hydrogen-bond acceptors (Lipinski definition) is 4. The molecule has 0 spiro atoms. The molecule has 0 saturated carbocycles. The molecule has 6 nitrogen and oxygen atoms in total. The van der Waals surface area contributed by atoms with Crippen molar-refractivity contribution in [1.29, 1.82) is 0 Å². The van der Waals surface area contributed by atoms with Gasteiger partial charge in [0.25, 0.3) is 5.69 Å². The first-order chi connectivity index (χ1) is 8.67. The van der Waals surface area contributed by atoms with Gasteiger partial charge in [-0.2, -0.15) is 0 Å². The van der Waals surface area contributed by atoms with Gasteiger partial charge in [-0.15, -0.1) is 21.8 Å². The maximum absolute atomic E-state index is 10.7. The fourth-order valence-corrected chi connectivity index (χ4v) is 1.94. The summed E-state index contributed by atoms with van der Waals surface area (Å²) in [6.45, 7) is 2.60. The monoisotopic (exact) mass is 266 g/mol. The molecular weight excluding hydrogens is 256 g/mol. The number of nitro benzene ring substituents is 1. The molecule has 0 fully saturated rings. The molecule has 0 bridgehead atoms. The van der Waals surface area contributed by atoms with E-state index in [9.17, 15) is 10.1 Å². The van der Waals surface area contributed by atoms with E-state index in [2.05, 4.69) is 10.2 Å². The van der Waals surface area contributed by atoms with Gasteiger partial charge in [-0.3, -0.25) is 10.1 Å². The van der Waals surface area contributed by atoms with Gasteiger partial charge in [-0.05, 0) is 6.92 Å². The summed E-state index contributed by atoms with van der Waals surface area (Å²) in [5.74, 6) is 1.51. The van der Waals surface area contributed by atoms with E-state index in [0.717, 1.165) is 0 Å². The van der Waals surface area contributed by atoms with E-state index in [-0.39, 0.29) is 11.6 Å². The standard InChI is InChI=1S/C11H11ClN4O2/c1-2-15-10(7-12)13-14-11(15)8-4-3-5-9(6-8)16(17)18/h3-6H,2,7H2,1H3. The van der Waals surface area contributed by atoms with Crippen molar-refractivity contribution >= 4 is 17.3 Å². The zero-order valence-corrected chi connectivity index (χ0v) is 10.5. The van der Waals surface area contributed by atoms with Crippen LogP contribution in [0.1, 0.15) is 12.7 Å². The Kier molecular flexibility index (Phi) is 3.57. The van der Waals surface area contributed by atoms with E-state index in [1.807, 2.05) is 11.5 Å². The molecule has 0 N–H and O–H groups in total. The molecule has 94 valence electrons. The number of hydrogen-bond donors (Lipinski definition) is 0. The van der Waals surface area contributed by atoms with Gasteiger partial charge in [-0.25, -0.2) is 0 Å². The van der Waals surface area contributed by atoms with Crippen molar-refractivity contribution in [1.82, 2.24) is 14.8 Å². The van der Waals surface area contributed by atoms with Crippen LogP contribution in [0.2, 0.25) is 0 Å². The lowest BCUT2D eigenvalue weighted by molar-refractivity contribution is -0.384. The predicted molar refractivity (Wildman–Crippen MR) is 67.3 cm³/mol. The van der Waals surface area contributed by atoms with E-state index < -0.39 is 4.92 Å². The van der Waals surface area contributed by atoms with Crippen LogP contribution in [0.15, 0.2) is 24.3 Å². The number of benzene rings is 1. The van der Waals surface area contributed by atoms with E-state index in [4.69, 9.17) is 11.6 Å². The Morgan fingerprint density at radius 1 is 1.44 bits per heavy atom. The maximum atomic E-state index is 10.7. The summed E-state index contributed by atoms with van der Waals surface area (Å²) in [6.07, 6.45) is 0. The van der Waals surface area contributed by atoms with Crippen LogP contribution in [-0.2, 0) is 12.4 Å².